The number of hydrogen-bond donors (Lipinski definition) is 1. The Balaban J connectivity index is 2.05. The molecule has 5 nitrogen and oxygen atoms in total. The largest absolute Gasteiger partial charge is 0.507 e. The van der Waals surface area contributed by atoms with E-state index in [4.69, 9.17) is 14.2 Å². The number of aromatic hydroxyl groups is 1. The van der Waals surface area contributed by atoms with Crippen molar-refractivity contribution in [2.75, 3.05) is 14.2 Å². The summed E-state index contributed by atoms with van der Waals surface area (Å²) >= 11 is 3.37. The topological polar surface area (TPSA) is 65.0 Å². The van der Waals surface area contributed by atoms with E-state index in [-0.39, 0.29) is 17.9 Å². The van der Waals surface area contributed by atoms with Gasteiger partial charge in [-0.15, -0.1) is 0 Å². The van der Waals surface area contributed by atoms with Gasteiger partial charge in [0.05, 0.1) is 18.7 Å². The highest BCUT2D eigenvalue weighted by Crippen LogP contribution is 2.27. The summed E-state index contributed by atoms with van der Waals surface area (Å²) in [6.07, 6.45) is 0. The number of carbonyl (C=O) groups excluding carboxylic acids is 1. The van der Waals surface area contributed by atoms with E-state index >= 15 is 0 Å². The first-order chi connectivity index (χ1) is 10.5. The molecule has 6 heteroatoms. The average molecular weight is 367 g/mol. The number of phenolic OH excluding ortho intramolecular Hbond substituents is 1. The third-order valence-corrected chi connectivity index (χ3v) is 3.63. The molecule has 0 aliphatic heterocycles. The maximum Gasteiger partial charge on any atom is 0.342 e. The lowest BCUT2D eigenvalue weighted by Crippen LogP contribution is -2.05. The Morgan fingerprint density at radius 2 is 1.91 bits per heavy atom. The molecule has 0 spiro atoms. The van der Waals surface area contributed by atoms with E-state index in [0.29, 0.717) is 11.5 Å². The van der Waals surface area contributed by atoms with Crippen LogP contribution in [-0.2, 0) is 11.3 Å². The van der Waals surface area contributed by atoms with E-state index in [2.05, 4.69) is 15.9 Å². The molecule has 2 aromatic rings. The zero-order chi connectivity index (χ0) is 16.1. The maximum absolute atomic E-state index is 12.0. The highest BCUT2D eigenvalue weighted by atomic mass is 79.9. The van der Waals surface area contributed by atoms with Crippen molar-refractivity contribution in [1.82, 2.24) is 0 Å². The molecule has 0 aliphatic carbocycles. The van der Waals surface area contributed by atoms with Gasteiger partial charge in [0.15, 0.2) is 0 Å². The van der Waals surface area contributed by atoms with Crippen LogP contribution in [0.1, 0.15) is 15.9 Å². The van der Waals surface area contributed by atoms with E-state index in [9.17, 15) is 9.90 Å². The van der Waals surface area contributed by atoms with E-state index in [0.717, 1.165) is 10.0 Å². The average Bonchev–Trinajstić information content (AvgIpc) is 2.52. The van der Waals surface area contributed by atoms with Crippen molar-refractivity contribution in [2.24, 2.45) is 0 Å². The Morgan fingerprint density at radius 3 is 2.50 bits per heavy atom. The van der Waals surface area contributed by atoms with Crippen LogP contribution >= 0.6 is 15.9 Å². The molecule has 0 heterocycles. The van der Waals surface area contributed by atoms with Gasteiger partial charge in [0, 0.05) is 6.07 Å². The quantitative estimate of drug-likeness (QED) is 0.820. The molecule has 0 bridgehead atoms. The molecule has 0 aromatic heterocycles. The number of phenols is 1. The van der Waals surface area contributed by atoms with Crippen LogP contribution in [0.4, 0.5) is 0 Å². The van der Waals surface area contributed by atoms with Gasteiger partial charge in [0.25, 0.3) is 0 Å². The summed E-state index contributed by atoms with van der Waals surface area (Å²) in [6.45, 7) is 0.0902. The van der Waals surface area contributed by atoms with Crippen molar-refractivity contribution in [2.45, 2.75) is 6.61 Å². The highest BCUT2D eigenvalue weighted by molar-refractivity contribution is 9.10. The molecule has 22 heavy (non-hydrogen) atoms. The summed E-state index contributed by atoms with van der Waals surface area (Å²) < 4.78 is 16.1. The number of halogens is 1. The monoisotopic (exact) mass is 366 g/mol. The van der Waals surface area contributed by atoms with E-state index < -0.39 is 5.97 Å². The van der Waals surface area contributed by atoms with Crippen molar-refractivity contribution in [3.8, 4) is 17.2 Å². The fourth-order valence-electron chi connectivity index (χ4n) is 1.84. The Bertz CT molecular complexity index is 684. The summed E-state index contributed by atoms with van der Waals surface area (Å²) in [4.78, 5) is 12.0. The molecule has 116 valence electrons. The predicted octanol–water partition coefficient (Wildman–Crippen LogP) is 3.53. The van der Waals surface area contributed by atoms with Crippen LogP contribution in [0.15, 0.2) is 40.9 Å². The first kappa shape index (κ1) is 16.2. The van der Waals surface area contributed by atoms with Crippen LogP contribution in [0.25, 0.3) is 0 Å². The van der Waals surface area contributed by atoms with Gasteiger partial charge in [-0.3, -0.25) is 0 Å². The Kier molecular flexibility index (Phi) is 5.27. The van der Waals surface area contributed by atoms with Crippen LogP contribution in [0.5, 0.6) is 17.2 Å². The van der Waals surface area contributed by atoms with Gasteiger partial charge < -0.3 is 19.3 Å². The first-order valence-electron chi connectivity index (χ1n) is 6.41. The third kappa shape index (κ3) is 3.71. The first-order valence-corrected chi connectivity index (χ1v) is 7.21. The van der Waals surface area contributed by atoms with E-state index in [1.807, 2.05) is 0 Å². The second kappa shape index (κ2) is 7.17. The molecule has 2 aromatic carbocycles. The summed E-state index contributed by atoms with van der Waals surface area (Å²) in [5, 5.41) is 9.80. The van der Waals surface area contributed by atoms with Crippen molar-refractivity contribution in [3.63, 3.8) is 0 Å². The second-order valence-electron chi connectivity index (χ2n) is 4.43. The molecule has 0 saturated carbocycles. The molecular weight excluding hydrogens is 352 g/mol. The zero-order valence-corrected chi connectivity index (χ0v) is 13.7. The second-order valence-corrected chi connectivity index (χ2v) is 5.28. The summed E-state index contributed by atoms with van der Waals surface area (Å²) in [7, 11) is 3.06. The minimum absolute atomic E-state index is 0.0902. The van der Waals surface area contributed by atoms with Gasteiger partial charge in [0.1, 0.15) is 29.4 Å². The SMILES string of the molecule is COc1ccc(C(=O)OCc2ccc(OC)c(Br)c2)c(O)c1. The van der Waals surface area contributed by atoms with Crippen molar-refractivity contribution in [3.05, 3.63) is 52.0 Å². The van der Waals surface area contributed by atoms with Crippen LogP contribution in [-0.4, -0.2) is 25.3 Å². The van der Waals surface area contributed by atoms with Gasteiger partial charge in [-0.1, -0.05) is 6.07 Å². The fourth-order valence-corrected chi connectivity index (χ4v) is 2.43. The van der Waals surface area contributed by atoms with Crippen molar-refractivity contribution < 1.29 is 24.1 Å². The lowest BCUT2D eigenvalue weighted by atomic mass is 10.2. The zero-order valence-electron chi connectivity index (χ0n) is 12.1. The Labute approximate surface area is 136 Å². The molecule has 2 rings (SSSR count). The molecule has 0 unspecified atom stereocenters. The summed E-state index contributed by atoms with van der Waals surface area (Å²) in [6, 6.07) is 9.78. The van der Waals surface area contributed by atoms with Gasteiger partial charge in [0.2, 0.25) is 0 Å². The molecule has 0 atom stereocenters. The standard InChI is InChI=1S/C16H15BrO5/c1-20-11-4-5-12(14(18)8-11)16(19)22-9-10-3-6-15(21-2)13(17)7-10/h3-8,18H,9H2,1-2H3. The smallest absolute Gasteiger partial charge is 0.342 e. The number of benzene rings is 2. The van der Waals surface area contributed by atoms with Gasteiger partial charge >= 0.3 is 5.97 Å². The van der Waals surface area contributed by atoms with Crippen molar-refractivity contribution in [1.29, 1.82) is 0 Å². The van der Waals surface area contributed by atoms with E-state index in [1.165, 1.54) is 19.2 Å². The highest BCUT2D eigenvalue weighted by Gasteiger charge is 2.14. The third-order valence-electron chi connectivity index (χ3n) is 3.01. The molecule has 1 N–H and O–H groups in total. The van der Waals surface area contributed by atoms with Crippen LogP contribution in [0.2, 0.25) is 0 Å². The Hall–Kier alpha value is -2.21. The van der Waals surface area contributed by atoms with Crippen molar-refractivity contribution >= 4 is 21.9 Å². The lowest BCUT2D eigenvalue weighted by Gasteiger charge is -2.09. The van der Waals surface area contributed by atoms with E-state index in [1.54, 1.807) is 31.4 Å². The molecule has 0 radical (unpaired) electrons. The maximum atomic E-state index is 12.0. The number of hydrogen-bond acceptors (Lipinski definition) is 5. The molecule has 0 fully saturated rings. The molecular formula is C16H15BrO5. The number of methoxy groups -OCH3 is 2. The summed E-state index contributed by atoms with van der Waals surface area (Å²) in [5.41, 5.74) is 0.891. The van der Waals surface area contributed by atoms with Crippen LogP contribution < -0.4 is 9.47 Å². The normalized spacial score (nSPS) is 10.1. The van der Waals surface area contributed by atoms with Crippen LogP contribution in [0.3, 0.4) is 0 Å². The van der Waals surface area contributed by atoms with Gasteiger partial charge in [-0.25, -0.2) is 4.79 Å². The predicted molar refractivity (Wildman–Crippen MR) is 84.5 cm³/mol. The molecule has 0 saturated heterocycles. The number of esters is 1. The summed E-state index contributed by atoms with van der Waals surface area (Å²) in [5.74, 6) is 0.378. The number of carbonyl (C=O) groups is 1. The number of ether oxygens (including phenoxy) is 3. The number of rotatable bonds is 5. The Morgan fingerprint density at radius 1 is 1.14 bits per heavy atom. The van der Waals surface area contributed by atoms with Crippen LogP contribution in [0, 0.1) is 0 Å². The van der Waals surface area contributed by atoms with Gasteiger partial charge in [-0.2, -0.15) is 0 Å². The fraction of sp³-hybridized carbons (Fsp3) is 0.188. The minimum atomic E-state index is -0.605. The lowest BCUT2D eigenvalue weighted by molar-refractivity contribution is 0.0469. The molecule has 0 aliphatic rings. The van der Waals surface area contributed by atoms with Gasteiger partial charge in [-0.05, 0) is 45.8 Å². The minimum Gasteiger partial charge on any atom is -0.507 e. The molecule has 0 amide bonds.